The van der Waals surface area contributed by atoms with Crippen LogP contribution in [0.15, 0.2) is 24.3 Å². The van der Waals surface area contributed by atoms with E-state index in [4.69, 9.17) is 9.72 Å². The number of methoxy groups -OCH3 is 1. The van der Waals surface area contributed by atoms with Crippen molar-refractivity contribution < 1.29 is 4.74 Å². The second-order valence-corrected chi connectivity index (χ2v) is 6.06. The van der Waals surface area contributed by atoms with Gasteiger partial charge < -0.3 is 4.74 Å². The summed E-state index contributed by atoms with van der Waals surface area (Å²) in [7, 11) is 1.69. The lowest BCUT2D eigenvalue weighted by Crippen LogP contribution is -2.01. The summed E-state index contributed by atoms with van der Waals surface area (Å²) in [6, 6.07) is 8.25. The number of pyridine rings is 1. The predicted octanol–water partition coefficient (Wildman–Crippen LogP) is 3.81. The molecule has 2 aromatic heterocycles. The van der Waals surface area contributed by atoms with E-state index in [2.05, 4.69) is 22.1 Å². The lowest BCUT2D eigenvalue weighted by Gasteiger charge is -2.13. The second-order valence-electron chi connectivity index (χ2n) is 6.06. The standard InChI is InChI=1S/C19H19N3O/c1-11-7-8-14-13(9-10-17(23-3)19(14)20-11)18-15-5-4-6-16(15)21-12(2)22-18/h7-10H,4-6H2,1-3H3. The van der Waals surface area contributed by atoms with Crippen LogP contribution in [0.1, 0.15) is 29.2 Å². The van der Waals surface area contributed by atoms with E-state index in [1.54, 1.807) is 7.11 Å². The number of ether oxygens (including phenoxy) is 1. The average Bonchev–Trinajstić information content (AvgIpc) is 3.01. The molecule has 0 saturated heterocycles. The molecule has 1 aliphatic rings. The Kier molecular flexibility index (Phi) is 3.26. The Labute approximate surface area is 135 Å². The Balaban J connectivity index is 2.05. The third-order valence-corrected chi connectivity index (χ3v) is 4.48. The molecule has 1 aliphatic carbocycles. The molecular formula is C19H19N3O. The monoisotopic (exact) mass is 305 g/mol. The van der Waals surface area contributed by atoms with E-state index in [0.717, 1.165) is 58.7 Å². The summed E-state index contributed by atoms with van der Waals surface area (Å²) in [6.07, 6.45) is 3.26. The highest BCUT2D eigenvalue weighted by atomic mass is 16.5. The lowest BCUT2D eigenvalue weighted by atomic mass is 9.99. The number of aromatic nitrogens is 3. The fourth-order valence-corrected chi connectivity index (χ4v) is 3.44. The van der Waals surface area contributed by atoms with Gasteiger partial charge in [-0.25, -0.2) is 15.0 Å². The molecule has 0 amide bonds. The zero-order valence-corrected chi connectivity index (χ0v) is 13.7. The second kappa shape index (κ2) is 5.30. The first kappa shape index (κ1) is 14.1. The molecule has 116 valence electrons. The van der Waals surface area contributed by atoms with Gasteiger partial charge in [0.25, 0.3) is 0 Å². The molecular weight excluding hydrogens is 286 g/mol. The minimum Gasteiger partial charge on any atom is -0.494 e. The minimum atomic E-state index is 0.801. The van der Waals surface area contributed by atoms with Gasteiger partial charge in [0.15, 0.2) is 0 Å². The molecule has 0 unspecified atom stereocenters. The van der Waals surface area contributed by atoms with Gasteiger partial charge in [0, 0.05) is 27.9 Å². The van der Waals surface area contributed by atoms with Crippen LogP contribution in [0, 0.1) is 13.8 Å². The highest BCUT2D eigenvalue weighted by Crippen LogP contribution is 2.36. The van der Waals surface area contributed by atoms with Crippen molar-refractivity contribution in [3.63, 3.8) is 0 Å². The van der Waals surface area contributed by atoms with E-state index in [9.17, 15) is 0 Å². The Bertz CT molecular complexity index is 918. The molecule has 2 heterocycles. The van der Waals surface area contributed by atoms with E-state index < -0.39 is 0 Å². The number of nitrogens with zero attached hydrogens (tertiary/aromatic N) is 3. The van der Waals surface area contributed by atoms with Gasteiger partial charge in [0.05, 0.1) is 12.8 Å². The quantitative estimate of drug-likeness (QED) is 0.722. The van der Waals surface area contributed by atoms with E-state index >= 15 is 0 Å². The summed E-state index contributed by atoms with van der Waals surface area (Å²) in [5, 5.41) is 1.09. The molecule has 0 N–H and O–H groups in total. The van der Waals surface area contributed by atoms with E-state index in [0.29, 0.717) is 0 Å². The summed E-state index contributed by atoms with van der Waals surface area (Å²) in [6.45, 7) is 3.97. The molecule has 0 atom stereocenters. The van der Waals surface area contributed by atoms with Crippen molar-refractivity contribution in [2.75, 3.05) is 7.11 Å². The van der Waals surface area contributed by atoms with E-state index in [1.165, 1.54) is 11.3 Å². The molecule has 0 aliphatic heterocycles. The number of fused-ring (bicyclic) bond motifs is 2. The molecule has 0 bridgehead atoms. The topological polar surface area (TPSA) is 47.9 Å². The number of aryl methyl sites for hydroxylation is 3. The number of rotatable bonds is 2. The lowest BCUT2D eigenvalue weighted by molar-refractivity contribution is 0.419. The van der Waals surface area contributed by atoms with Crippen LogP contribution in [0.2, 0.25) is 0 Å². The molecule has 1 aromatic carbocycles. The van der Waals surface area contributed by atoms with Gasteiger partial charge >= 0.3 is 0 Å². The normalized spacial score (nSPS) is 13.3. The van der Waals surface area contributed by atoms with Crippen LogP contribution in [0.4, 0.5) is 0 Å². The maximum absolute atomic E-state index is 5.49. The smallest absolute Gasteiger partial charge is 0.145 e. The fourth-order valence-electron chi connectivity index (χ4n) is 3.44. The predicted molar refractivity (Wildman–Crippen MR) is 90.8 cm³/mol. The van der Waals surface area contributed by atoms with Gasteiger partial charge in [0.2, 0.25) is 0 Å². The maximum atomic E-state index is 5.49. The molecule has 0 spiro atoms. The Morgan fingerprint density at radius 2 is 1.83 bits per heavy atom. The van der Waals surface area contributed by atoms with Gasteiger partial charge in [0.1, 0.15) is 17.1 Å². The van der Waals surface area contributed by atoms with Crippen LogP contribution in [-0.4, -0.2) is 22.1 Å². The summed E-state index contributed by atoms with van der Waals surface area (Å²) < 4.78 is 5.49. The van der Waals surface area contributed by atoms with E-state index in [1.807, 2.05) is 26.0 Å². The number of benzene rings is 1. The van der Waals surface area contributed by atoms with Crippen LogP contribution >= 0.6 is 0 Å². The van der Waals surface area contributed by atoms with Crippen LogP contribution < -0.4 is 4.74 Å². The fraction of sp³-hybridized carbons (Fsp3) is 0.316. The van der Waals surface area contributed by atoms with Gasteiger partial charge in [-0.15, -0.1) is 0 Å². The molecule has 23 heavy (non-hydrogen) atoms. The Morgan fingerprint density at radius 3 is 2.65 bits per heavy atom. The third-order valence-electron chi connectivity index (χ3n) is 4.48. The van der Waals surface area contributed by atoms with Crippen molar-refractivity contribution >= 4 is 10.9 Å². The highest BCUT2D eigenvalue weighted by molar-refractivity contribution is 5.97. The number of hydrogen-bond donors (Lipinski definition) is 0. The summed E-state index contributed by atoms with van der Waals surface area (Å²) in [5.41, 5.74) is 6.56. The summed E-state index contributed by atoms with van der Waals surface area (Å²) >= 11 is 0. The molecule has 0 fully saturated rings. The molecule has 4 nitrogen and oxygen atoms in total. The Hall–Kier alpha value is -2.49. The zero-order valence-electron chi connectivity index (χ0n) is 13.7. The minimum absolute atomic E-state index is 0.801. The number of hydrogen-bond acceptors (Lipinski definition) is 4. The van der Waals surface area contributed by atoms with Gasteiger partial charge in [-0.2, -0.15) is 0 Å². The van der Waals surface area contributed by atoms with Crippen molar-refractivity contribution in [2.24, 2.45) is 0 Å². The van der Waals surface area contributed by atoms with Crippen LogP contribution in [-0.2, 0) is 12.8 Å². The van der Waals surface area contributed by atoms with Crippen molar-refractivity contribution in [3.05, 3.63) is 47.0 Å². The van der Waals surface area contributed by atoms with Crippen LogP contribution in [0.25, 0.3) is 22.2 Å². The van der Waals surface area contributed by atoms with E-state index in [-0.39, 0.29) is 0 Å². The first-order valence-electron chi connectivity index (χ1n) is 7.98. The van der Waals surface area contributed by atoms with Crippen LogP contribution in [0.5, 0.6) is 5.75 Å². The third kappa shape index (κ3) is 2.25. The average molecular weight is 305 g/mol. The largest absolute Gasteiger partial charge is 0.494 e. The highest BCUT2D eigenvalue weighted by Gasteiger charge is 2.21. The first-order chi connectivity index (χ1) is 11.2. The van der Waals surface area contributed by atoms with Crippen molar-refractivity contribution in [1.82, 2.24) is 15.0 Å². The molecule has 0 saturated carbocycles. The zero-order chi connectivity index (χ0) is 16.0. The van der Waals surface area contributed by atoms with Crippen molar-refractivity contribution in [1.29, 1.82) is 0 Å². The van der Waals surface area contributed by atoms with Gasteiger partial charge in [-0.05, 0) is 51.3 Å². The summed E-state index contributed by atoms with van der Waals surface area (Å²) in [5.74, 6) is 1.64. The van der Waals surface area contributed by atoms with Gasteiger partial charge in [-0.3, -0.25) is 0 Å². The molecule has 3 aromatic rings. The molecule has 0 radical (unpaired) electrons. The first-order valence-corrected chi connectivity index (χ1v) is 7.98. The maximum Gasteiger partial charge on any atom is 0.145 e. The van der Waals surface area contributed by atoms with Crippen molar-refractivity contribution in [2.45, 2.75) is 33.1 Å². The molecule has 4 rings (SSSR count). The van der Waals surface area contributed by atoms with Crippen LogP contribution in [0.3, 0.4) is 0 Å². The van der Waals surface area contributed by atoms with Crippen molar-refractivity contribution in [3.8, 4) is 17.0 Å². The Morgan fingerprint density at radius 1 is 0.957 bits per heavy atom. The summed E-state index contributed by atoms with van der Waals surface area (Å²) in [4.78, 5) is 14.1. The molecule has 4 heteroatoms. The van der Waals surface area contributed by atoms with Gasteiger partial charge in [-0.1, -0.05) is 6.07 Å². The SMILES string of the molecule is COc1ccc(-c2nc(C)nc3c2CCC3)c2ccc(C)nc12.